The second-order valence-electron chi connectivity index (χ2n) is 21.4. The fourth-order valence-corrected chi connectivity index (χ4v) is 12.2. The lowest BCUT2D eigenvalue weighted by Crippen LogP contribution is -2.61. The molecule has 3 aliphatic rings. The van der Waals surface area contributed by atoms with Crippen LogP contribution in [0.1, 0.15) is 109 Å². The second-order valence-corrected chi connectivity index (χ2v) is 22.7. The summed E-state index contributed by atoms with van der Waals surface area (Å²) in [6.07, 6.45) is -10.1. The van der Waals surface area contributed by atoms with Gasteiger partial charge in [-0.25, -0.2) is 9.59 Å². The standard InChI is InChI=1S/C49H86N4O17S2/c1-17-32-38(57)37(56)26(4)39(68-36-20-48(11,65-16)42(59)29(7)67-36)27(5)43(47(10,63)19-24(2)21-52(15)28(6)41(58)49(32,12)64)70-46-40(34(51(13)14)18-25(3)66-46)69-45(62)33(50-30(8)54)23-72-53(31(9)55)35(22-71)44(60)61/h24-29,32-36,39-43,46,58-59,63-64,71H,17-23H2,1-16H3,(H,50,54)(H,60,61)/t24-,25-,26+,27+,28-,29+,32+,33+,34+,35+,36+,39-,40-,41-,42+,43-,46+,47-,48-,49+/m1/s1. The van der Waals surface area contributed by atoms with Crippen molar-refractivity contribution in [1.29, 1.82) is 0 Å². The highest BCUT2D eigenvalue weighted by atomic mass is 32.2. The number of thiol groups is 1. The van der Waals surface area contributed by atoms with E-state index in [4.69, 9.17) is 28.4 Å². The van der Waals surface area contributed by atoms with E-state index in [1.54, 1.807) is 74.5 Å². The summed E-state index contributed by atoms with van der Waals surface area (Å²) in [5.41, 5.74) is -5.07. The topological polar surface area (TPSA) is 281 Å². The maximum absolute atomic E-state index is 14.8. The molecule has 0 aromatic carbocycles. The van der Waals surface area contributed by atoms with Crippen LogP contribution < -0.4 is 5.32 Å². The van der Waals surface area contributed by atoms with Gasteiger partial charge in [0.05, 0.1) is 59.3 Å². The van der Waals surface area contributed by atoms with Gasteiger partial charge in [0.15, 0.2) is 18.7 Å². The predicted octanol–water partition coefficient (Wildman–Crippen LogP) is 1.68. The highest BCUT2D eigenvalue weighted by Crippen LogP contribution is 2.41. The number of Topliss-reactive ketones (excluding diaryl/α,β-unsaturated/α-hetero) is 2. The summed E-state index contributed by atoms with van der Waals surface area (Å²) in [4.78, 5) is 84.6. The van der Waals surface area contributed by atoms with Gasteiger partial charge in [0.1, 0.15) is 18.2 Å². The third-order valence-corrected chi connectivity index (χ3v) is 16.6. The molecule has 0 aliphatic carbocycles. The van der Waals surface area contributed by atoms with Gasteiger partial charge in [-0.3, -0.25) is 23.5 Å². The van der Waals surface area contributed by atoms with Crippen molar-refractivity contribution in [3.05, 3.63) is 0 Å². The van der Waals surface area contributed by atoms with Gasteiger partial charge in [0.2, 0.25) is 23.4 Å². The van der Waals surface area contributed by atoms with Crippen molar-refractivity contribution in [2.24, 2.45) is 23.7 Å². The summed E-state index contributed by atoms with van der Waals surface area (Å²) in [6, 6.07) is -4.12. The number of esters is 1. The van der Waals surface area contributed by atoms with Gasteiger partial charge in [0.25, 0.3) is 0 Å². The number of likely N-dealkylation sites (N-methyl/N-ethyl adjacent to an activating group) is 2. The highest BCUT2D eigenvalue weighted by Gasteiger charge is 2.54. The molecule has 3 rings (SSSR count). The molecule has 2 amide bonds. The number of nitrogens with zero attached hydrogens (tertiary/aromatic N) is 3. The fraction of sp³-hybridized carbons (Fsp3) is 0.878. The average Bonchev–Trinajstić information content (AvgIpc) is 3.28. The molecule has 0 aromatic heterocycles. The van der Waals surface area contributed by atoms with Gasteiger partial charge < -0.3 is 69.1 Å². The zero-order chi connectivity index (χ0) is 55.1. The zero-order valence-corrected chi connectivity index (χ0v) is 46.8. The monoisotopic (exact) mass is 1070 g/mol. The summed E-state index contributed by atoms with van der Waals surface area (Å²) in [5.74, 6) is -10.0. The van der Waals surface area contributed by atoms with Crippen LogP contribution in [-0.4, -0.2) is 218 Å². The van der Waals surface area contributed by atoms with E-state index in [-0.39, 0.29) is 43.2 Å². The van der Waals surface area contributed by atoms with Crippen LogP contribution in [0, 0.1) is 23.7 Å². The Kier molecular flexibility index (Phi) is 23.5. The molecular weight excluding hydrogens is 981 g/mol. The Labute approximate surface area is 435 Å². The number of ketones is 2. The van der Waals surface area contributed by atoms with Gasteiger partial charge in [0, 0.05) is 63.3 Å². The quantitative estimate of drug-likeness (QED) is 0.0501. The zero-order valence-electron chi connectivity index (χ0n) is 45.1. The van der Waals surface area contributed by atoms with Gasteiger partial charge >= 0.3 is 11.9 Å². The maximum Gasteiger partial charge on any atom is 0.330 e. The molecule has 3 fully saturated rings. The van der Waals surface area contributed by atoms with Crippen molar-refractivity contribution in [3.8, 4) is 0 Å². The number of aliphatic hydroxyl groups excluding tert-OH is 2. The fourth-order valence-electron chi connectivity index (χ4n) is 10.7. The van der Waals surface area contributed by atoms with Crippen molar-refractivity contribution >= 4 is 59.9 Å². The smallest absolute Gasteiger partial charge is 0.330 e. The highest BCUT2D eigenvalue weighted by molar-refractivity contribution is 7.97. The number of carbonyl (C=O) groups is 6. The number of aliphatic hydroxyl groups is 4. The van der Waals surface area contributed by atoms with Crippen LogP contribution in [0.15, 0.2) is 0 Å². The lowest BCUT2D eigenvalue weighted by molar-refractivity contribution is -0.318. The van der Waals surface area contributed by atoms with Crippen LogP contribution in [0.2, 0.25) is 0 Å². The molecule has 6 N–H and O–H groups in total. The minimum atomic E-state index is -2.06. The first-order chi connectivity index (χ1) is 33.2. The van der Waals surface area contributed by atoms with Gasteiger partial charge in [-0.15, -0.1) is 0 Å². The number of carboxylic acids is 1. The molecule has 0 radical (unpaired) electrons. The Morgan fingerprint density at radius 3 is 2.07 bits per heavy atom. The van der Waals surface area contributed by atoms with E-state index in [1.807, 2.05) is 11.8 Å². The molecule has 0 aromatic rings. The molecule has 0 bridgehead atoms. The van der Waals surface area contributed by atoms with Gasteiger partial charge in [-0.05, 0) is 99.8 Å². The number of nitrogens with one attached hydrogen (secondary N) is 1. The maximum atomic E-state index is 14.8. The van der Waals surface area contributed by atoms with Crippen LogP contribution in [0.4, 0.5) is 0 Å². The van der Waals surface area contributed by atoms with Crippen LogP contribution in [0.25, 0.3) is 0 Å². The Bertz CT molecular complexity index is 1860. The van der Waals surface area contributed by atoms with Gasteiger partial charge in [-0.1, -0.05) is 27.7 Å². The molecule has 21 nitrogen and oxygen atoms in total. The molecule has 0 unspecified atom stereocenters. The number of ether oxygens (including phenoxy) is 6. The van der Waals surface area contributed by atoms with Crippen molar-refractivity contribution in [3.63, 3.8) is 0 Å². The summed E-state index contributed by atoms with van der Waals surface area (Å²) >= 11 is 4.81. The minimum absolute atomic E-state index is 0.00236. The summed E-state index contributed by atoms with van der Waals surface area (Å²) in [6.45, 7) is 19.1. The summed E-state index contributed by atoms with van der Waals surface area (Å²) in [7, 11) is 6.71. The molecule has 20 atom stereocenters. The van der Waals surface area contributed by atoms with E-state index in [0.29, 0.717) is 18.4 Å². The van der Waals surface area contributed by atoms with Crippen LogP contribution in [0.3, 0.4) is 0 Å². The van der Waals surface area contributed by atoms with E-state index >= 15 is 0 Å². The average molecular weight is 1070 g/mol. The van der Waals surface area contributed by atoms with E-state index in [9.17, 15) is 54.3 Å². The third kappa shape index (κ3) is 15.3. The van der Waals surface area contributed by atoms with Gasteiger partial charge in [-0.2, -0.15) is 12.6 Å². The Hall–Kier alpha value is -2.52. The SMILES string of the molecule is CC[C@H]1C(=O)C(=O)[C@H](C)[C@@H](O[C@H]2C[C@@](C)(OC)[C@@H](O)[C@H](C)O2)[C@H](C)[C@@H](O[C@@H]2O[C@H](C)C[C@H](N(C)C)[C@H]2OC(=O)[C@H](CSN(C(C)=O)[C@@H](CS)C(=O)O)NC(C)=O)[C@](C)(O)C[C@@H](C)CN(C)[C@H](C)[C@@H](O)[C@@]1(C)O. The van der Waals surface area contributed by atoms with Crippen molar-refractivity contribution in [2.45, 2.75) is 205 Å². The predicted molar refractivity (Wildman–Crippen MR) is 270 cm³/mol. The second kappa shape index (κ2) is 26.5. The number of carboxylic acid groups (broad SMARTS) is 1. The number of amides is 2. The lowest BCUT2D eigenvalue weighted by atomic mass is 9.73. The molecule has 3 aliphatic heterocycles. The number of hydrogen-bond acceptors (Lipinski definition) is 20. The Balaban J connectivity index is 2.29. The number of carbonyl (C=O) groups excluding carboxylic acids is 5. The number of hydrogen-bond donors (Lipinski definition) is 7. The van der Waals surface area contributed by atoms with Crippen LogP contribution in [-0.2, 0) is 57.2 Å². The molecule has 3 saturated heterocycles. The van der Waals surface area contributed by atoms with Crippen molar-refractivity contribution in [2.75, 3.05) is 46.3 Å². The number of methoxy groups -OCH3 is 1. The first kappa shape index (κ1) is 63.8. The summed E-state index contributed by atoms with van der Waals surface area (Å²) in [5, 5.41) is 60.2. The largest absolute Gasteiger partial charge is 0.480 e. The van der Waals surface area contributed by atoms with E-state index in [1.165, 1.54) is 27.9 Å². The molecule has 3 heterocycles. The first-order valence-corrected chi connectivity index (χ1v) is 26.4. The van der Waals surface area contributed by atoms with Crippen molar-refractivity contribution in [1.82, 2.24) is 19.4 Å². The third-order valence-electron chi connectivity index (χ3n) is 15.0. The Morgan fingerprint density at radius 2 is 1.56 bits per heavy atom. The molecule has 72 heavy (non-hydrogen) atoms. The van der Waals surface area contributed by atoms with E-state index in [2.05, 4.69) is 17.9 Å². The molecule has 0 saturated carbocycles. The first-order valence-electron chi connectivity index (χ1n) is 24.9. The van der Waals surface area contributed by atoms with Crippen molar-refractivity contribution < 1.29 is 82.7 Å². The lowest BCUT2D eigenvalue weighted by Gasteiger charge is -2.49. The number of rotatable bonds is 16. The van der Waals surface area contributed by atoms with E-state index < -0.39 is 149 Å². The Morgan fingerprint density at radius 1 is 0.944 bits per heavy atom. The molecule has 416 valence electrons. The molecule has 23 heteroatoms. The van der Waals surface area contributed by atoms with Crippen LogP contribution >= 0.6 is 24.6 Å². The van der Waals surface area contributed by atoms with Crippen LogP contribution in [0.5, 0.6) is 0 Å². The normalized spacial score (nSPS) is 39.8. The number of aliphatic carboxylic acids is 1. The minimum Gasteiger partial charge on any atom is -0.480 e. The van der Waals surface area contributed by atoms with E-state index in [0.717, 1.165) is 11.2 Å². The summed E-state index contributed by atoms with van der Waals surface area (Å²) < 4.78 is 39.5. The molecule has 0 spiro atoms. The molecular formula is C49H86N4O17S2.